The molecule has 23 heavy (non-hydrogen) atoms. The second-order valence-corrected chi connectivity index (χ2v) is 6.00. The van der Waals surface area contributed by atoms with E-state index >= 15 is 0 Å². The van der Waals surface area contributed by atoms with Crippen molar-refractivity contribution in [1.82, 2.24) is 0 Å². The fourth-order valence-electron chi connectivity index (χ4n) is 2.39. The lowest BCUT2D eigenvalue weighted by molar-refractivity contribution is -0.117. The van der Waals surface area contributed by atoms with Gasteiger partial charge in [-0.15, -0.1) is 0 Å². The van der Waals surface area contributed by atoms with E-state index in [0.717, 1.165) is 24.0 Å². The van der Waals surface area contributed by atoms with Crippen LogP contribution in [-0.4, -0.2) is 11.9 Å². The van der Waals surface area contributed by atoms with Gasteiger partial charge >= 0.3 is 5.97 Å². The monoisotopic (exact) mass is 309 g/mol. The maximum atomic E-state index is 12.3. The van der Waals surface area contributed by atoms with E-state index < -0.39 is 5.97 Å². The van der Waals surface area contributed by atoms with Crippen molar-refractivity contribution in [2.24, 2.45) is 5.92 Å². The molecule has 0 aromatic heterocycles. The Labute approximate surface area is 135 Å². The zero-order valence-corrected chi connectivity index (χ0v) is 13.3. The van der Waals surface area contributed by atoms with Crippen LogP contribution < -0.4 is 10.1 Å². The molecule has 1 fully saturated rings. The van der Waals surface area contributed by atoms with Crippen LogP contribution in [-0.2, 0) is 4.79 Å². The van der Waals surface area contributed by atoms with Gasteiger partial charge in [0.05, 0.1) is 5.56 Å². The van der Waals surface area contributed by atoms with Gasteiger partial charge in [0.15, 0.2) is 0 Å². The maximum Gasteiger partial charge on any atom is 0.343 e. The molecule has 0 unspecified atom stereocenters. The van der Waals surface area contributed by atoms with Crippen molar-refractivity contribution in [3.63, 3.8) is 0 Å². The highest BCUT2D eigenvalue weighted by Crippen LogP contribution is 2.30. The Kier molecular flexibility index (Phi) is 4.15. The van der Waals surface area contributed by atoms with E-state index in [0.29, 0.717) is 17.0 Å². The zero-order valence-electron chi connectivity index (χ0n) is 13.3. The van der Waals surface area contributed by atoms with E-state index in [-0.39, 0.29) is 11.8 Å². The molecule has 0 radical (unpaired) electrons. The molecule has 0 aliphatic heterocycles. The number of nitrogens with one attached hydrogen (secondary N) is 1. The number of carbonyl (C=O) groups excluding carboxylic acids is 2. The summed E-state index contributed by atoms with van der Waals surface area (Å²) in [5.74, 6) is 0.262. The van der Waals surface area contributed by atoms with Crippen molar-refractivity contribution < 1.29 is 14.3 Å². The van der Waals surface area contributed by atoms with E-state index in [1.54, 1.807) is 30.3 Å². The summed E-state index contributed by atoms with van der Waals surface area (Å²) in [7, 11) is 0. The molecule has 4 nitrogen and oxygen atoms in total. The fraction of sp³-hybridized carbons (Fsp3) is 0.263. The Balaban J connectivity index is 1.72. The van der Waals surface area contributed by atoms with Crippen LogP contribution in [0.1, 0.15) is 34.3 Å². The molecule has 4 heteroatoms. The first-order chi connectivity index (χ1) is 11.0. The minimum Gasteiger partial charge on any atom is -0.423 e. The van der Waals surface area contributed by atoms with E-state index in [1.165, 1.54) is 0 Å². The molecule has 1 aliphatic carbocycles. The van der Waals surface area contributed by atoms with Gasteiger partial charge < -0.3 is 10.1 Å². The van der Waals surface area contributed by atoms with E-state index in [1.807, 2.05) is 26.0 Å². The van der Waals surface area contributed by atoms with Crippen molar-refractivity contribution in [3.8, 4) is 5.75 Å². The van der Waals surface area contributed by atoms with Crippen LogP contribution in [0.2, 0.25) is 0 Å². The normalized spacial score (nSPS) is 13.5. The van der Waals surface area contributed by atoms with Gasteiger partial charge in [-0.3, -0.25) is 4.79 Å². The Hall–Kier alpha value is -2.62. The third-order valence-electron chi connectivity index (χ3n) is 3.85. The molecule has 0 atom stereocenters. The number of rotatable bonds is 4. The van der Waals surface area contributed by atoms with Gasteiger partial charge in [0.1, 0.15) is 5.75 Å². The summed E-state index contributed by atoms with van der Waals surface area (Å²) in [6.45, 7) is 3.90. The quantitative estimate of drug-likeness (QED) is 0.689. The van der Waals surface area contributed by atoms with Crippen LogP contribution in [0, 0.1) is 19.8 Å². The molecular formula is C19H19NO3. The Morgan fingerprint density at radius 2 is 1.87 bits per heavy atom. The van der Waals surface area contributed by atoms with Gasteiger partial charge in [0, 0.05) is 11.6 Å². The number of carbonyl (C=O) groups is 2. The summed E-state index contributed by atoms with van der Waals surface area (Å²) in [5.41, 5.74) is 3.07. The number of ether oxygens (including phenoxy) is 1. The molecule has 2 aromatic rings. The van der Waals surface area contributed by atoms with Gasteiger partial charge in [0.25, 0.3) is 0 Å². The predicted octanol–water partition coefficient (Wildman–Crippen LogP) is 3.87. The molecule has 0 saturated heterocycles. The maximum absolute atomic E-state index is 12.3. The van der Waals surface area contributed by atoms with Crippen LogP contribution in [0.15, 0.2) is 42.5 Å². The molecule has 2 aromatic carbocycles. The third kappa shape index (κ3) is 3.77. The zero-order chi connectivity index (χ0) is 16.4. The second-order valence-electron chi connectivity index (χ2n) is 6.00. The largest absolute Gasteiger partial charge is 0.423 e. The predicted molar refractivity (Wildman–Crippen MR) is 88.7 cm³/mol. The topological polar surface area (TPSA) is 55.4 Å². The van der Waals surface area contributed by atoms with E-state index in [2.05, 4.69) is 5.32 Å². The number of hydrogen-bond donors (Lipinski definition) is 1. The van der Waals surface area contributed by atoms with Crippen molar-refractivity contribution in [2.45, 2.75) is 26.7 Å². The Bertz CT molecular complexity index is 763. The summed E-state index contributed by atoms with van der Waals surface area (Å²) in [5, 5.41) is 2.84. The average Bonchev–Trinajstić information content (AvgIpc) is 3.35. The third-order valence-corrected chi connectivity index (χ3v) is 3.85. The number of anilines is 1. The molecule has 0 spiro atoms. The van der Waals surface area contributed by atoms with Crippen molar-refractivity contribution in [1.29, 1.82) is 0 Å². The Morgan fingerprint density at radius 3 is 2.57 bits per heavy atom. The minimum absolute atomic E-state index is 0.0184. The summed E-state index contributed by atoms with van der Waals surface area (Å²) in [6.07, 6.45) is 1.89. The summed E-state index contributed by atoms with van der Waals surface area (Å²) in [4.78, 5) is 24.1. The van der Waals surface area contributed by atoms with Crippen LogP contribution >= 0.6 is 0 Å². The summed E-state index contributed by atoms with van der Waals surface area (Å²) >= 11 is 0. The SMILES string of the molecule is Cc1ccc(OC(=O)c2cccc(NC(=O)C3CC3)c2)c(C)c1. The number of amides is 1. The van der Waals surface area contributed by atoms with Crippen LogP contribution in [0.3, 0.4) is 0 Å². The van der Waals surface area contributed by atoms with Gasteiger partial charge in [-0.2, -0.15) is 0 Å². The highest BCUT2D eigenvalue weighted by atomic mass is 16.5. The molecule has 3 rings (SSSR count). The number of benzene rings is 2. The molecule has 1 aliphatic rings. The highest BCUT2D eigenvalue weighted by molar-refractivity contribution is 5.96. The fourth-order valence-corrected chi connectivity index (χ4v) is 2.39. The van der Waals surface area contributed by atoms with Crippen LogP contribution in [0.5, 0.6) is 5.75 Å². The first-order valence-electron chi connectivity index (χ1n) is 7.73. The number of hydrogen-bond acceptors (Lipinski definition) is 3. The smallest absolute Gasteiger partial charge is 0.343 e. The molecule has 1 amide bonds. The van der Waals surface area contributed by atoms with Crippen LogP contribution in [0.4, 0.5) is 5.69 Å². The van der Waals surface area contributed by atoms with Gasteiger partial charge in [-0.05, 0) is 56.5 Å². The lowest BCUT2D eigenvalue weighted by Crippen LogP contribution is -2.14. The number of aryl methyl sites for hydroxylation is 2. The molecule has 0 bridgehead atoms. The molecule has 1 saturated carbocycles. The van der Waals surface area contributed by atoms with Crippen LogP contribution in [0.25, 0.3) is 0 Å². The first-order valence-corrected chi connectivity index (χ1v) is 7.73. The van der Waals surface area contributed by atoms with Gasteiger partial charge in [-0.1, -0.05) is 23.8 Å². The molecular weight excluding hydrogens is 290 g/mol. The van der Waals surface area contributed by atoms with Gasteiger partial charge in [-0.25, -0.2) is 4.79 Å². The second kappa shape index (κ2) is 6.24. The number of esters is 1. The van der Waals surface area contributed by atoms with E-state index in [4.69, 9.17) is 4.74 Å². The van der Waals surface area contributed by atoms with Gasteiger partial charge in [0.2, 0.25) is 5.91 Å². The first kappa shape index (κ1) is 15.3. The van der Waals surface area contributed by atoms with Crippen molar-refractivity contribution in [3.05, 3.63) is 59.2 Å². The lowest BCUT2D eigenvalue weighted by Gasteiger charge is -2.09. The lowest BCUT2D eigenvalue weighted by atomic mass is 10.1. The molecule has 118 valence electrons. The molecule has 0 heterocycles. The Morgan fingerprint density at radius 1 is 1.09 bits per heavy atom. The minimum atomic E-state index is -0.431. The molecule has 1 N–H and O–H groups in total. The van der Waals surface area contributed by atoms with Crippen molar-refractivity contribution in [2.75, 3.05) is 5.32 Å². The van der Waals surface area contributed by atoms with Crippen molar-refractivity contribution >= 4 is 17.6 Å². The highest BCUT2D eigenvalue weighted by Gasteiger charge is 2.29. The van der Waals surface area contributed by atoms with E-state index in [9.17, 15) is 9.59 Å². The average molecular weight is 309 g/mol. The standard InChI is InChI=1S/C19H19NO3/c1-12-6-9-17(13(2)10-12)23-19(22)15-4-3-5-16(11-15)20-18(21)14-7-8-14/h3-6,9-11,14H,7-8H2,1-2H3,(H,20,21). The summed E-state index contributed by atoms with van der Waals surface area (Å²) in [6, 6.07) is 12.5. The summed E-state index contributed by atoms with van der Waals surface area (Å²) < 4.78 is 5.45.